The van der Waals surface area contributed by atoms with E-state index in [4.69, 9.17) is 37.0 Å². The second-order valence-electron chi connectivity index (χ2n) is 27.8. The van der Waals surface area contributed by atoms with Gasteiger partial charge in [0, 0.05) is 25.7 Å². The van der Waals surface area contributed by atoms with Crippen molar-refractivity contribution in [3.63, 3.8) is 0 Å². The van der Waals surface area contributed by atoms with Crippen LogP contribution in [0, 0.1) is 23.7 Å². The fourth-order valence-electron chi connectivity index (χ4n) is 11.0. The van der Waals surface area contributed by atoms with E-state index in [1.807, 2.05) is 0 Å². The quantitative estimate of drug-likeness (QED) is 0.0222. The number of carbonyl (C=O) groups excluding carboxylic acids is 4. The summed E-state index contributed by atoms with van der Waals surface area (Å²) in [5.41, 5.74) is 0. The van der Waals surface area contributed by atoms with E-state index in [-0.39, 0.29) is 25.7 Å². The zero-order valence-electron chi connectivity index (χ0n) is 60.2. The lowest BCUT2D eigenvalue weighted by atomic mass is 9.99. The average molecular weight is 1350 g/mol. The van der Waals surface area contributed by atoms with Gasteiger partial charge >= 0.3 is 39.5 Å². The Bertz CT molecular complexity index is 1820. The van der Waals surface area contributed by atoms with Crippen molar-refractivity contribution in [2.45, 2.75) is 382 Å². The van der Waals surface area contributed by atoms with Crippen LogP contribution in [0.5, 0.6) is 0 Å². The molecule has 0 saturated carbocycles. The van der Waals surface area contributed by atoms with Crippen LogP contribution < -0.4 is 0 Å². The molecule has 19 heteroatoms. The Kier molecular flexibility index (Phi) is 61.3. The maximum Gasteiger partial charge on any atom is 0.472 e. The van der Waals surface area contributed by atoms with E-state index in [1.165, 1.54) is 161 Å². The lowest BCUT2D eigenvalue weighted by Crippen LogP contribution is -2.30. The molecule has 3 N–H and O–H groups in total. The largest absolute Gasteiger partial charge is 0.472 e. The van der Waals surface area contributed by atoms with E-state index in [0.29, 0.717) is 31.6 Å². The Labute approximate surface area is 562 Å². The zero-order valence-corrected chi connectivity index (χ0v) is 62.0. The summed E-state index contributed by atoms with van der Waals surface area (Å²) in [6.07, 6.45) is 45.9. The third-order valence-electron chi connectivity index (χ3n) is 17.5. The number of aliphatic hydroxyl groups excluding tert-OH is 1. The maximum atomic E-state index is 13.1. The number of aliphatic hydroxyl groups is 1. The molecule has 546 valence electrons. The highest BCUT2D eigenvalue weighted by Crippen LogP contribution is 2.45. The van der Waals surface area contributed by atoms with Crippen molar-refractivity contribution in [2.75, 3.05) is 39.6 Å². The van der Waals surface area contributed by atoms with Crippen molar-refractivity contribution in [1.29, 1.82) is 0 Å². The lowest BCUT2D eigenvalue weighted by Gasteiger charge is -2.21. The third kappa shape index (κ3) is 64.1. The Hall–Kier alpha value is -1.94. The highest BCUT2D eigenvalue weighted by Gasteiger charge is 2.30. The number of esters is 4. The first-order chi connectivity index (χ1) is 44.2. The molecule has 7 atom stereocenters. The number of rotatable bonds is 70. The highest BCUT2D eigenvalue weighted by atomic mass is 31.2. The molecule has 0 aromatic carbocycles. The summed E-state index contributed by atoms with van der Waals surface area (Å²) in [5, 5.41) is 10.6. The van der Waals surface area contributed by atoms with E-state index in [1.54, 1.807) is 0 Å². The van der Waals surface area contributed by atoms with Gasteiger partial charge in [0.15, 0.2) is 12.2 Å². The van der Waals surface area contributed by atoms with Crippen molar-refractivity contribution in [3.05, 3.63) is 0 Å². The van der Waals surface area contributed by atoms with Gasteiger partial charge in [-0.3, -0.25) is 37.3 Å². The van der Waals surface area contributed by atoms with Gasteiger partial charge in [0.25, 0.3) is 0 Å². The molecule has 0 amide bonds. The van der Waals surface area contributed by atoms with E-state index in [9.17, 15) is 43.2 Å². The van der Waals surface area contributed by atoms with E-state index in [0.717, 1.165) is 114 Å². The molecule has 0 aliphatic rings. The molecule has 0 radical (unpaired) electrons. The Morgan fingerprint density at radius 1 is 0.304 bits per heavy atom. The van der Waals surface area contributed by atoms with Gasteiger partial charge in [0.05, 0.1) is 26.4 Å². The Balaban J connectivity index is 5.23. The molecule has 0 fully saturated rings. The maximum absolute atomic E-state index is 13.1. The number of ether oxygens (including phenoxy) is 4. The minimum absolute atomic E-state index is 0.103. The molecular formula is C73H142O17P2. The minimum atomic E-state index is -4.96. The summed E-state index contributed by atoms with van der Waals surface area (Å²) < 4.78 is 68.4. The van der Waals surface area contributed by atoms with Crippen LogP contribution >= 0.6 is 15.6 Å². The Morgan fingerprint density at radius 3 is 0.772 bits per heavy atom. The van der Waals surface area contributed by atoms with Crippen LogP contribution in [-0.2, 0) is 65.4 Å². The van der Waals surface area contributed by atoms with Gasteiger partial charge in [-0.2, -0.15) is 0 Å². The molecule has 0 heterocycles. The lowest BCUT2D eigenvalue weighted by molar-refractivity contribution is -0.161. The second-order valence-corrected chi connectivity index (χ2v) is 30.7. The van der Waals surface area contributed by atoms with Gasteiger partial charge in [-0.1, -0.05) is 312 Å². The molecule has 0 spiro atoms. The molecule has 0 aromatic heterocycles. The van der Waals surface area contributed by atoms with Crippen LogP contribution in [0.2, 0.25) is 0 Å². The molecule has 4 unspecified atom stereocenters. The molecule has 92 heavy (non-hydrogen) atoms. The summed E-state index contributed by atoms with van der Waals surface area (Å²) in [6.45, 7) is 14.1. The SMILES string of the molecule is CCC(C)CCCCCCCCCCCCCCCCC(=O)OC[C@H](COP(=O)(O)OC[C@@H](O)COP(=O)(O)OC[C@@H](COC(=O)CCCCCCCCC(C)C)OC(=O)CCCCCCCCCCC(C)C)OC(=O)CCCCCCCCCCCCC(C)CC. The molecule has 0 saturated heterocycles. The van der Waals surface area contributed by atoms with E-state index in [2.05, 4.69) is 55.4 Å². The fraction of sp³-hybridized carbons (Fsp3) is 0.945. The van der Waals surface area contributed by atoms with Crippen molar-refractivity contribution < 1.29 is 80.2 Å². The minimum Gasteiger partial charge on any atom is -0.462 e. The standard InChI is InChI=1S/C73H142O17P2/c1-9-65(7)51-43-35-26-19-15-13-11-12-14-16-21-28-37-45-53-70(75)83-59-68(89-72(77)55-47-39-29-22-18-17-20-27-36-44-52-66(8)10-2)61-87-91(79,80)85-57-67(74)58-86-92(81,82)88-62-69(60-84-71(76)54-46-38-32-31-34-42-50-64(5)6)90-73(78)56-48-40-30-24-23-25-33-41-49-63(3)4/h63-69,74H,9-62H2,1-8H3,(H,79,80)(H,81,82)/t65?,66?,67-,68-,69-/m1/s1. The van der Waals surface area contributed by atoms with Crippen LogP contribution in [0.4, 0.5) is 0 Å². The summed E-state index contributed by atoms with van der Waals surface area (Å²) >= 11 is 0. The van der Waals surface area contributed by atoms with E-state index >= 15 is 0 Å². The predicted octanol–water partition coefficient (Wildman–Crippen LogP) is 20.9. The van der Waals surface area contributed by atoms with E-state index < -0.39 is 97.5 Å². The van der Waals surface area contributed by atoms with Gasteiger partial charge < -0.3 is 33.8 Å². The van der Waals surface area contributed by atoms with Gasteiger partial charge in [-0.25, -0.2) is 9.13 Å². The fourth-order valence-corrected chi connectivity index (χ4v) is 12.5. The van der Waals surface area contributed by atoms with Gasteiger partial charge in [0.1, 0.15) is 19.3 Å². The van der Waals surface area contributed by atoms with Crippen LogP contribution in [0.1, 0.15) is 364 Å². The zero-order chi connectivity index (χ0) is 68.2. The highest BCUT2D eigenvalue weighted by molar-refractivity contribution is 7.47. The molecule has 17 nitrogen and oxygen atoms in total. The number of hydrogen-bond acceptors (Lipinski definition) is 15. The van der Waals surface area contributed by atoms with Crippen LogP contribution in [0.25, 0.3) is 0 Å². The van der Waals surface area contributed by atoms with Crippen molar-refractivity contribution >= 4 is 39.5 Å². The van der Waals surface area contributed by atoms with Gasteiger partial charge in [0.2, 0.25) is 0 Å². The summed E-state index contributed by atoms with van der Waals surface area (Å²) in [4.78, 5) is 72.6. The number of hydrogen-bond donors (Lipinski definition) is 3. The van der Waals surface area contributed by atoms with Gasteiger partial charge in [-0.15, -0.1) is 0 Å². The number of phosphoric acid groups is 2. The molecule has 0 aromatic rings. The normalized spacial score (nSPS) is 14.8. The number of phosphoric ester groups is 2. The van der Waals surface area contributed by atoms with Gasteiger partial charge in [-0.05, 0) is 49.4 Å². The number of unbranched alkanes of at least 4 members (excludes halogenated alkanes) is 34. The molecular weight excluding hydrogens is 1210 g/mol. The van der Waals surface area contributed by atoms with Crippen LogP contribution in [0.15, 0.2) is 0 Å². The summed E-state index contributed by atoms with van der Waals surface area (Å²) in [6, 6.07) is 0. The average Bonchev–Trinajstić information content (AvgIpc) is 3.64. The molecule has 0 aliphatic heterocycles. The topological polar surface area (TPSA) is 237 Å². The molecule has 0 bridgehead atoms. The predicted molar refractivity (Wildman–Crippen MR) is 372 cm³/mol. The van der Waals surface area contributed by atoms with Crippen LogP contribution in [0.3, 0.4) is 0 Å². The molecule has 0 aliphatic carbocycles. The van der Waals surface area contributed by atoms with Crippen molar-refractivity contribution in [1.82, 2.24) is 0 Å². The first-order valence-corrected chi connectivity index (χ1v) is 40.8. The smallest absolute Gasteiger partial charge is 0.462 e. The first-order valence-electron chi connectivity index (χ1n) is 37.8. The summed E-state index contributed by atoms with van der Waals surface area (Å²) in [5.74, 6) is 0.922. The Morgan fingerprint density at radius 2 is 0.522 bits per heavy atom. The number of carbonyl (C=O) groups is 4. The van der Waals surface area contributed by atoms with Crippen molar-refractivity contribution in [3.8, 4) is 0 Å². The first kappa shape index (κ1) is 90.1. The van der Waals surface area contributed by atoms with Crippen molar-refractivity contribution in [2.24, 2.45) is 23.7 Å². The third-order valence-corrected chi connectivity index (χ3v) is 19.4. The summed E-state index contributed by atoms with van der Waals surface area (Å²) in [7, 11) is -9.91. The second kappa shape index (κ2) is 62.6. The van der Waals surface area contributed by atoms with Crippen LogP contribution in [-0.4, -0.2) is 96.7 Å². The monoisotopic (exact) mass is 1350 g/mol. The molecule has 0 rings (SSSR count).